The Morgan fingerprint density at radius 1 is 1.36 bits per heavy atom. The lowest BCUT2D eigenvalue weighted by molar-refractivity contribution is 0.0281. The summed E-state index contributed by atoms with van der Waals surface area (Å²) in [5.74, 6) is 0.699. The summed E-state index contributed by atoms with van der Waals surface area (Å²) in [5, 5.41) is 4.48. The average Bonchev–Trinajstić information content (AvgIpc) is 3.10. The monoisotopic (exact) mass is 322 g/mol. The number of hydrogen-bond acceptors (Lipinski definition) is 4. The lowest BCUT2D eigenvalue weighted by atomic mass is 9.71. The molecule has 0 aliphatic carbocycles. The van der Waals surface area contributed by atoms with Crippen molar-refractivity contribution in [1.82, 2.24) is 9.80 Å². The van der Waals surface area contributed by atoms with Gasteiger partial charge in [-0.3, -0.25) is 4.90 Å². The molecule has 2 aliphatic rings. The summed E-state index contributed by atoms with van der Waals surface area (Å²) in [6.45, 7) is 11.6. The predicted molar refractivity (Wildman–Crippen MR) is 93.3 cm³/mol. The lowest BCUT2D eigenvalue weighted by Gasteiger charge is -2.44. The molecular formula is C18H30N2OS. The van der Waals surface area contributed by atoms with E-state index in [4.69, 9.17) is 4.74 Å². The van der Waals surface area contributed by atoms with Gasteiger partial charge in [0.05, 0.1) is 6.61 Å². The summed E-state index contributed by atoms with van der Waals surface area (Å²) in [4.78, 5) is 5.30. The topological polar surface area (TPSA) is 15.7 Å². The van der Waals surface area contributed by atoms with Crippen LogP contribution in [0.15, 0.2) is 16.8 Å². The van der Waals surface area contributed by atoms with Gasteiger partial charge in [-0.15, -0.1) is 0 Å². The van der Waals surface area contributed by atoms with Crippen molar-refractivity contribution in [1.29, 1.82) is 0 Å². The molecule has 0 amide bonds. The van der Waals surface area contributed by atoms with E-state index in [-0.39, 0.29) is 0 Å². The fraction of sp³-hybridized carbons (Fsp3) is 0.778. The van der Waals surface area contributed by atoms with Crippen LogP contribution in [-0.2, 0) is 11.3 Å². The molecule has 2 aliphatic heterocycles. The first-order valence-electron chi connectivity index (χ1n) is 8.59. The van der Waals surface area contributed by atoms with Gasteiger partial charge in [-0.25, -0.2) is 0 Å². The molecule has 1 atom stereocenters. The van der Waals surface area contributed by atoms with E-state index in [9.17, 15) is 0 Å². The standard InChI is InChI=1S/C18H30N2OS/c1-15(2)20-7-5-18(6-8-20)14-19(11-17(18)12-21-3)10-16-4-9-22-13-16/h4,9,13,15,17H,5-8,10-12,14H2,1-3H3/t17-/m1/s1. The van der Waals surface area contributed by atoms with E-state index < -0.39 is 0 Å². The number of hydrogen-bond donors (Lipinski definition) is 0. The van der Waals surface area contributed by atoms with Crippen LogP contribution in [0.1, 0.15) is 32.3 Å². The van der Waals surface area contributed by atoms with Crippen LogP contribution in [-0.4, -0.2) is 55.7 Å². The number of thiophene rings is 1. The predicted octanol–water partition coefficient (Wildman–Crippen LogP) is 3.32. The Kier molecular flexibility index (Phi) is 5.23. The minimum absolute atomic E-state index is 0.484. The maximum atomic E-state index is 5.57. The molecule has 3 nitrogen and oxygen atoms in total. The zero-order chi connectivity index (χ0) is 15.6. The van der Waals surface area contributed by atoms with Crippen LogP contribution < -0.4 is 0 Å². The van der Waals surface area contributed by atoms with E-state index in [1.807, 2.05) is 7.11 Å². The normalized spacial score (nSPS) is 26.3. The van der Waals surface area contributed by atoms with E-state index in [0.29, 0.717) is 17.4 Å². The van der Waals surface area contributed by atoms with Crippen LogP contribution >= 0.6 is 11.3 Å². The Bertz CT molecular complexity index is 452. The largest absolute Gasteiger partial charge is 0.384 e. The highest BCUT2D eigenvalue weighted by molar-refractivity contribution is 7.07. The second-order valence-corrected chi connectivity index (χ2v) is 8.23. The summed E-state index contributed by atoms with van der Waals surface area (Å²) in [5.41, 5.74) is 1.95. The van der Waals surface area contributed by atoms with E-state index in [0.717, 1.165) is 13.2 Å². The lowest BCUT2D eigenvalue weighted by Crippen LogP contribution is -2.47. The molecule has 1 aromatic heterocycles. The van der Waals surface area contributed by atoms with E-state index in [1.54, 1.807) is 11.3 Å². The van der Waals surface area contributed by atoms with Crippen molar-refractivity contribution in [3.8, 4) is 0 Å². The molecule has 1 spiro atoms. The smallest absolute Gasteiger partial charge is 0.0508 e. The summed E-state index contributed by atoms with van der Waals surface area (Å²) in [6.07, 6.45) is 2.67. The number of methoxy groups -OCH3 is 1. The molecule has 0 saturated carbocycles. The summed E-state index contributed by atoms with van der Waals surface area (Å²) >= 11 is 1.81. The molecule has 4 heteroatoms. The zero-order valence-corrected chi connectivity index (χ0v) is 15.1. The van der Waals surface area contributed by atoms with Gasteiger partial charge in [0.15, 0.2) is 0 Å². The fourth-order valence-corrected chi connectivity index (χ4v) is 5.05. The van der Waals surface area contributed by atoms with Gasteiger partial charge < -0.3 is 9.64 Å². The van der Waals surface area contributed by atoms with Crippen molar-refractivity contribution in [2.24, 2.45) is 11.3 Å². The molecule has 124 valence electrons. The van der Waals surface area contributed by atoms with Crippen molar-refractivity contribution in [2.75, 3.05) is 39.9 Å². The Labute approximate surface area is 139 Å². The molecule has 2 saturated heterocycles. The fourth-order valence-electron chi connectivity index (χ4n) is 4.39. The number of piperidine rings is 1. The van der Waals surface area contributed by atoms with Crippen LogP contribution in [0.4, 0.5) is 0 Å². The van der Waals surface area contributed by atoms with Crippen molar-refractivity contribution >= 4 is 11.3 Å². The van der Waals surface area contributed by atoms with Gasteiger partial charge in [-0.05, 0) is 67.6 Å². The van der Waals surface area contributed by atoms with Gasteiger partial charge in [0.1, 0.15) is 0 Å². The Morgan fingerprint density at radius 3 is 2.73 bits per heavy atom. The molecule has 22 heavy (non-hydrogen) atoms. The first-order valence-corrected chi connectivity index (χ1v) is 9.54. The Morgan fingerprint density at radius 2 is 2.14 bits per heavy atom. The van der Waals surface area contributed by atoms with Gasteiger partial charge in [0, 0.05) is 38.7 Å². The summed E-state index contributed by atoms with van der Waals surface area (Å²) in [6, 6.07) is 2.95. The third-order valence-corrected chi connectivity index (χ3v) is 6.49. The molecule has 3 rings (SSSR count). The second kappa shape index (κ2) is 7.00. The van der Waals surface area contributed by atoms with E-state index >= 15 is 0 Å². The third-order valence-electron chi connectivity index (χ3n) is 5.76. The van der Waals surface area contributed by atoms with Crippen LogP contribution in [0.25, 0.3) is 0 Å². The Balaban J connectivity index is 1.66. The summed E-state index contributed by atoms with van der Waals surface area (Å²) < 4.78 is 5.57. The van der Waals surface area contributed by atoms with Crippen LogP contribution in [0, 0.1) is 11.3 Å². The maximum absolute atomic E-state index is 5.57. The number of ether oxygens (including phenoxy) is 1. The molecule has 0 radical (unpaired) electrons. The molecule has 0 N–H and O–H groups in total. The zero-order valence-electron chi connectivity index (χ0n) is 14.3. The van der Waals surface area contributed by atoms with Crippen LogP contribution in [0.5, 0.6) is 0 Å². The third kappa shape index (κ3) is 3.40. The van der Waals surface area contributed by atoms with E-state index in [2.05, 4.69) is 40.5 Å². The van der Waals surface area contributed by atoms with Gasteiger partial charge in [-0.1, -0.05) is 0 Å². The van der Waals surface area contributed by atoms with Crippen molar-refractivity contribution < 1.29 is 4.74 Å². The second-order valence-electron chi connectivity index (χ2n) is 7.45. The van der Waals surface area contributed by atoms with Crippen LogP contribution in [0.2, 0.25) is 0 Å². The van der Waals surface area contributed by atoms with Gasteiger partial charge in [-0.2, -0.15) is 11.3 Å². The highest BCUT2D eigenvalue weighted by atomic mass is 32.1. The highest BCUT2D eigenvalue weighted by Crippen LogP contribution is 2.45. The molecule has 0 bridgehead atoms. The Hall–Kier alpha value is -0.420. The minimum atomic E-state index is 0.484. The van der Waals surface area contributed by atoms with Crippen molar-refractivity contribution in [3.63, 3.8) is 0 Å². The molecule has 2 fully saturated rings. The minimum Gasteiger partial charge on any atom is -0.384 e. The van der Waals surface area contributed by atoms with Crippen molar-refractivity contribution in [3.05, 3.63) is 22.4 Å². The van der Waals surface area contributed by atoms with Gasteiger partial charge in [0.2, 0.25) is 0 Å². The number of rotatable bonds is 5. The quantitative estimate of drug-likeness (QED) is 0.827. The van der Waals surface area contributed by atoms with Crippen LogP contribution in [0.3, 0.4) is 0 Å². The molecule has 3 heterocycles. The number of nitrogens with zero attached hydrogens (tertiary/aromatic N) is 2. The molecular weight excluding hydrogens is 292 g/mol. The van der Waals surface area contributed by atoms with Gasteiger partial charge in [0.25, 0.3) is 0 Å². The van der Waals surface area contributed by atoms with Crippen molar-refractivity contribution in [2.45, 2.75) is 39.3 Å². The van der Waals surface area contributed by atoms with E-state index in [1.165, 1.54) is 44.6 Å². The average molecular weight is 323 g/mol. The summed E-state index contributed by atoms with van der Waals surface area (Å²) in [7, 11) is 1.86. The molecule has 0 unspecified atom stereocenters. The SMILES string of the molecule is COC[C@H]1CN(Cc2ccsc2)CC12CCN(C(C)C)CC2. The number of likely N-dealkylation sites (tertiary alicyclic amines) is 2. The molecule has 1 aromatic rings. The highest BCUT2D eigenvalue weighted by Gasteiger charge is 2.47. The molecule has 0 aromatic carbocycles. The van der Waals surface area contributed by atoms with Gasteiger partial charge >= 0.3 is 0 Å². The maximum Gasteiger partial charge on any atom is 0.0508 e. The first kappa shape index (κ1) is 16.4. The first-order chi connectivity index (χ1) is 10.6.